The van der Waals surface area contributed by atoms with Crippen molar-refractivity contribution in [3.8, 4) is 5.75 Å². The Morgan fingerprint density at radius 3 is 2.59 bits per heavy atom. The average molecular weight is 304 g/mol. The van der Waals surface area contributed by atoms with Gasteiger partial charge >= 0.3 is 0 Å². The van der Waals surface area contributed by atoms with E-state index < -0.39 is 0 Å². The SMILES string of the molecule is COc1ccccc1C[C@H](C)CC(=O)N1C[C@H](C)N[C@@H](C)C1. The highest BCUT2D eigenvalue weighted by molar-refractivity contribution is 5.76. The highest BCUT2D eigenvalue weighted by Crippen LogP contribution is 2.22. The third kappa shape index (κ3) is 4.47. The van der Waals surface area contributed by atoms with E-state index in [1.807, 2.05) is 23.1 Å². The van der Waals surface area contributed by atoms with E-state index in [1.54, 1.807) is 7.11 Å². The largest absolute Gasteiger partial charge is 0.496 e. The molecule has 0 saturated carbocycles. The number of carbonyl (C=O) groups is 1. The fourth-order valence-electron chi connectivity index (χ4n) is 3.28. The van der Waals surface area contributed by atoms with Crippen LogP contribution in [0.3, 0.4) is 0 Å². The molecule has 1 aromatic rings. The number of methoxy groups -OCH3 is 1. The van der Waals surface area contributed by atoms with E-state index in [2.05, 4.69) is 32.2 Å². The van der Waals surface area contributed by atoms with Crippen LogP contribution in [0.15, 0.2) is 24.3 Å². The first-order valence-electron chi connectivity index (χ1n) is 8.15. The van der Waals surface area contributed by atoms with Crippen molar-refractivity contribution in [2.45, 2.75) is 45.7 Å². The zero-order valence-corrected chi connectivity index (χ0v) is 14.1. The molecule has 22 heavy (non-hydrogen) atoms. The summed E-state index contributed by atoms with van der Waals surface area (Å²) >= 11 is 0. The minimum absolute atomic E-state index is 0.266. The number of hydrogen-bond acceptors (Lipinski definition) is 3. The second-order valence-electron chi connectivity index (χ2n) is 6.59. The van der Waals surface area contributed by atoms with Gasteiger partial charge in [-0.25, -0.2) is 0 Å². The normalized spacial score (nSPS) is 23.2. The molecule has 0 spiro atoms. The summed E-state index contributed by atoms with van der Waals surface area (Å²) in [7, 11) is 1.69. The van der Waals surface area contributed by atoms with Gasteiger partial charge in [0.1, 0.15) is 5.75 Å². The maximum Gasteiger partial charge on any atom is 0.222 e. The maximum atomic E-state index is 12.5. The quantitative estimate of drug-likeness (QED) is 0.908. The second-order valence-corrected chi connectivity index (χ2v) is 6.59. The van der Waals surface area contributed by atoms with Crippen LogP contribution in [0, 0.1) is 5.92 Å². The molecule has 1 aliphatic heterocycles. The molecule has 1 N–H and O–H groups in total. The van der Waals surface area contributed by atoms with Gasteiger partial charge in [-0.3, -0.25) is 4.79 Å². The number of amides is 1. The van der Waals surface area contributed by atoms with Crippen LogP contribution in [0.4, 0.5) is 0 Å². The number of piperazine rings is 1. The Morgan fingerprint density at radius 2 is 1.95 bits per heavy atom. The molecule has 3 atom stereocenters. The van der Waals surface area contributed by atoms with Crippen LogP contribution in [0.1, 0.15) is 32.8 Å². The third-order valence-electron chi connectivity index (χ3n) is 4.19. The molecule has 1 aliphatic rings. The molecule has 2 rings (SSSR count). The predicted octanol–water partition coefficient (Wildman–Crippen LogP) is 2.47. The van der Waals surface area contributed by atoms with Crippen molar-refractivity contribution < 1.29 is 9.53 Å². The molecule has 0 aromatic heterocycles. The lowest BCUT2D eigenvalue weighted by Gasteiger charge is -2.36. The number of hydrogen-bond donors (Lipinski definition) is 1. The van der Waals surface area contributed by atoms with Gasteiger partial charge in [0, 0.05) is 31.6 Å². The summed E-state index contributed by atoms with van der Waals surface area (Å²) in [5, 5.41) is 3.46. The molecule has 122 valence electrons. The lowest BCUT2D eigenvalue weighted by atomic mass is 9.96. The fourth-order valence-corrected chi connectivity index (χ4v) is 3.28. The van der Waals surface area contributed by atoms with Crippen molar-refractivity contribution in [2.75, 3.05) is 20.2 Å². The van der Waals surface area contributed by atoms with Crippen molar-refractivity contribution >= 4 is 5.91 Å². The molecule has 1 saturated heterocycles. The van der Waals surface area contributed by atoms with E-state index in [4.69, 9.17) is 4.74 Å². The van der Waals surface area contributed by atoms with Crippen LogP contribution >= 0.6 is 0 Å². The first-order chi connectivity index (χ1) is 10.5. The van der Waals surface area contributed by atoms with E-state index >= 15 is 0 Å². The Morgan fingerprint density at radius 1 is 1.32 bits per heavy atom. The van der Waals surface area contributed by atoms with E-state index in [9.17, 15) is 4.79 Å². The zero-order valence-electron chi connectivity index (χ0n) is 14.1. The molecule has 1 fully saturated rings. The molecule has 4 heteroatoms. The van der Waals surface area contributed by atoms with Crippen molar-refractivity contribution in [1.82, 2.24) is 10.2 Å². The van der Waals surface area contributed by atoms with Gasteiger partial charge in [-0.2, -0.15) is 0 Å². The summed E-state index contributed by atoms with van der Waals surface area (Å²) in [5.74, 6) is 1.48. The van der Waals surface area contributed by atoms with Gasteiger partial charge < -0.3 is 15.0 Å². The zero-order chi connectivity index (χ0) is 16.1. The molecular weight excluding hydrogens is 276 g/mol. The minimum Gasteiger partial charge on any atom is -0.496 e. The fraction of sp³-hybridized carbons (Fsp3) is 0.611. The van der Waals surface area contributed by atoms with E-state index in [-0.39, 0.29) is 5.91 Å². The standard InChI is InChI=1S/C18H28N2O2/c1-13(9-16-7-5-6-8-17(16)22-4)10-18(21)20-11-14(2)19-15(3)12-20/h5-8,13-15,19H,9-12H2,1-4H3/t13-,14-,15-/m0/s1. The first-order valence-corrected chi connectivity index (χ1v) is 8.15. The molecular formula is C18H28N2O2. The van der Waals surface area contributed by atoms with Crippen LogP contribution in [-0.4, -0.2) is 43.1 Å². The Bertz CT molecular complexity index is 494. The highest BCUT2D eigenvalue weighted by atomic mass is 16.5. The lowest BCUT2D eigenvalue weighted by molar-refractivity contribution is -0.133. The summed E-state index contributed by atoms with van der Waals surface area (Å²) < 4.78 is 5.39. The lowest BCUT2D eigenvalue weighted by Crippen LogP contribution is -2.56. The molecule has 0 unspecified atom stereocenters. The second kappa shape index (κ2) is 7.63. The van der Waals surface area contributed by atoms with Gasteiger partial charge in [-0.05, 0) is 37.8 Å². The van der Waals surface area contributed by atoms with Crippen molar-refractivity contribution in [3.63, 3.8) is 0 Å². The topological polar surface area (TPSA) is 41.6 Å². The van der Waals surface area contributed by atoms with E-state index in [0.29, 0.717) is 24.4 Å². The number of nitrogens with one attached hydrogen (secondary N) is 1. The third-order valence-corrected chi connectivity index (χ3v) is 4.19. The Labute approximate surface area is 133 Å². The van der Waals surface area contributed by atoms with Crippen LogP contribution in [-0.2, 0) is 11.2 Å². The smallest absolute Gasteiger partial charge is 0.222 e. The van der Waals surface area contributed by atoms with Gasteiger partial charge in [-0.1, -0.05) is 25.1 Å². The van der Waals surface area contributed by atoms with Crippen molar-refractivity contribution in [1.29, 1.82) is 0 Å². The van der Waals surface area contributed by atoms with Crippen LogP contribution in [0.25, 0.3) is 0 Å². The van der Waals surface area contributed by atoms with Gasteiger partial charge in [0.15, 0.2) is 0 Å². The Hall–Kier alpha value is -1.55. The van der Waals surface area contributed by atoms with Crippen molar-refractivity contribution in [2.24, 2.45) is 5.92 Å². The number of para-hydroxylation sites is 1. The number of ether oxygens (including phenoxy) is 1. The Kier molecular flexibility index (Phi) is 5.83. The highest BCUT2D eigenvalue weighted by Gasteiger charge is 2.25. The molecule has 4 nitrogen and oxygen atoms in total. The predicted molar refractivity (Wildman–Crippen MR) is 89.1 cm³/mol. The molecule has 1 amide bonds. The molecule has 0 radical (unpaired) electrons. The van der Waals surface area contributed by atoms with Gasteiger partial charge in [0.05, 0.1) is 7.11 Å². The maximum absolute atomic E-state index is 12.5. The monoisotopic (exact) mass is 304 g/mol. The molecule has 1 aromatic carbocycles. The summed E-state index contributed by atoms with van der Waals surface area (Å²) in [6.07, 6.45) is 1.46. The number of rotatable bonds is 5. The number of nitrogens with zero attached hydrogens (tertiary/aromatic N) is 1. The average Bonchev–Trinajstić information content (AvgIpc) is 2.46. The summed E-state index contributed by atoms with van der Waals surface area (Å²) in [5.41, 5.74) is 1.17. The molecule has 0 aliphatic carbocycles. The van der Waals surface area contributed by atoms with Crippen LogP contribution in [0.5, 0.6) is 5.75 Å². The summed E-state index contributed by atoms with van der Waals surface area (Å²) in [6.45, 7) is 8.02. The van der Waals surface area contributed by atoms with Crippen LogP contribution in [0.2, 0.25) is 0 Å². The summed E-state index contributed by atoms with van der Waals surface area (Å²) in [4.78, 5) is 14.5. The van der Waals surface area contributed by atoms with Gasteiger partial charge in [0.25, 0.3) is 0 Å². The molecule has 0 bridgehead atoms. The first kappa shape index (κ1) is 16.8. The van der Waals surface area contributed by atoms with Crippen LogP contribution < -0.4 is 10.1 Å². The summed E-state index contributed by atoms with van der Waals surface area (Å²) in [6, 6.07) is 8.79. The number of carbonyl (C=O) groups excluding carboxylic acids is 1. The van der Waals surface area contributed by atoms with E-state index in [0.717, 1.165) is 25.3 Å². The minimum atomic E-state index is 0.266. The van der Waals surface area contributed by atoms with Crippen molar-refractivity contribution in [3.05, 3.63) is 29.8 Å². The number of benzene rings is 1. The van der Waals surface area contributed by atoms with Gasteiger partial charge in [0.2, 0.25) is 5.91 Å². The van der Waals surface area contributed by atoms with Gasteiger partial charge in [-0.15, -0.1) is 0 Å². The Balaban J connectivity index is 1.91. The molecule has 1 heterocycles. The van der Waals surface area contributed by atoms with E-state index in [1.165, 1.54) is 5.56 Å².